The van der Waals surface area contributed by atoms with Crippen LogP contribution in [0.15, 0.2) is 47.4 Å². The average molecular weight is 439 g/mol. The Hall–Kier alpha value is -2.18. The first kappa shape index (κ1) is 20.7. The smallest absolute Gasteiger partial charge is 0.243 e. The molecule has 2 aromatic carbocycles. The minimum atomic E-state index is -3.51. The van der Waals surface area contributed by atoms with Crippen molar-refractivity contribution in [3.63, 3.8) is 0 Å². The third-order valence-electron chi connectivity index (χ3n) is 7.27. The molecule has 0 spiro atoms. The fourth-order valence-corrected chi connectivity index (χ4v) is 6.94. The zero-order valence-corrected chi connectivity index (χ0v) is 18.9. The van der Waals surface area contributed by atoms with Gasteiger partial charge in [0.25, 0.3) is 0 Å². The fraction of sp³-hybridized carbons (Fsp3) is 0.480. The van der Waals surface area contributed by atoms with Crippen LogP contribution in [0.1, 0.15) is 49.3 Å². The van der Waals surface area contributed by atoms with Crippen LogP contribution in [0, 0.1) is 5.92 Å². The molecule has 31 heavy (non-hydrogen) atoms. The number of anilines is 1. The van der Waals surface area contributed by atoms with E-state index in [1.165, 1.54) is 16.7 Å². The van der Waals surface area contributed by atoms with Crippen molar-refractivity contribution in [3.05, 3.63) is 59.2 Å². The van der Waals surface area contributed by atoms with Gasteiger partial charge in [0.1, 0.15) is 0 Å². The van der Waals surface area contributed by atoms with Crippen molar-refractivity contribution in [1.29, 1.82) is 0 Å². The van der Waals surface area contributed by atoms with Gasteiger partial charge in [0, 0.05) is 30.7 Å². The number of piperidine rings is 1. The lowest BCUT2D eigenvalue weighted by atomic mass is 9.91. The maximum atomic E-state index is 13.4. The third-order valence-corrected chi connectivity index (χ3v) is 9.17. The number of aryl methyl sites for hydroxylation is 3. The predicted octanol–water partition coefficient (Wildman–Crippen LogP) is 3.94. The Morgan fingerprint density at radius 2 is 1.65 bits per heavy atom. The van der Waals surface area contributed by atoms with Crippen LogP contribution in [-0.2, 0) is 34.1 Å². The number of hydrogen-bond donors (Lipinski definition) is 0. The van der Waals surface area contributed by atoms with E-state index in [1.54, 1.807) is 10.4 Å². The Morgan fingerprint density at radius 3 is 2.45 bits per heavy atom. The molecule has 0 aromatic heterocycles. The van der Waals surface area contributed by atoms with Crippen LogP contribution in [0.5, 0.6) is 0 Å². The molecular formula is C25H30N2O3S. The number of benzene rings is 2. The van der Waals surface area contributed by atoms with Gasteiger partial charge in [-0.3, -0.25) is 4.79 Å². The molecule has 2 aromatic rings. The van der Waals surface area contributed by atoms with E-state index in [-0.39, 0.29) is 17.9 Å². The highest BCUT2D eigenvalue weighted by atomic mass is 32.2. The van der Waals surface area contributed by atoms with E-state index >= 15 is 0 Å². The van der Waals surface area contributed by atoms with Crippen molar-refractivity contribution in [1.82, 2.24) is 4.31 Å². The van der Waals surface area contributed by atoms with E-state index in [0.717, 1.165) is 37.8 Å². The van der Waals surface area contributed by atoms with E-state index in [9.17, 15) is 13.2 Å². The monoisotopic (exact) mass is 438 g/mol. The molecule has 5 nitrogen and oxygen atoms in total. The van der Waals surface area contributed by atoms with Crippen LogP contribution in [0.2, 0.25) is 0 Å². The Morgan fingerprint density at radius 1 is 0.903 bits per heavy atom. The Bertz CT molecular complexity index is 1100. The lowest BCUT2D eigenvalue weighted by Crippen LogP contribution is -2.48. The molecule has 0 bridgehead atoms. The second-order valence-electron chi connectivity index (χ2n) is 9.19. The largest absolute Gasteiger partial charge is 0.309 e. The van der Waals surface area contributed by atoms with Gasteiger partial charge in [-0.25, -0.2) is 8.42 Å². The van der Waals surface area contributed by atoms with Crippen LogP contribution in [-0.4, -0.2) is 37.8 Å². The van der Waals surface area contributed by atoms with Crippen LogP contribution < -0.4 is 4.90 Å². The maximum absolute atomic E-state index is 13.4. The number of fused-ring (bicyclic) bond motifs is 2. The minimum absolute atomic E-state index is 0.125. The lowest BCUT2D eigenvalue weighted by Gasteiger charge is -2.39. The molecule has 1 saturated heterocycles. The van der Waals surface area contributed by atoms with Crippen molar-refractivity contribution in [2.24, 2.45) is 5.92 Å². The number of nitrogens with zero attached hydrogens (tertiary/aromatic N) is 2. The van der Waals surface area contributed by atoms with Gasteiger partial charge in [0.2, 0.25) is 15.9 Å². The standard InChI is InChI=1S/C25H30N2O3S/c1-18-9-10-20-5-2-3-8-24(20)27(18)25(28)21-13-15-26(16-14-21)31(29,30)23-12-11-19-6-4-7-22(19)17-23/h2-3,5,8,11-12,17-18,21H,4,6-7,9-10,13-16H2,1H3. The second kappa shape index (κ2) is 8.06. The first-order chi connectivity index (χ1) is 14.9. The molecular weight excluding hydrogens is 408 g/mol. The van der Waals surface area contributed by atoms with Crippen molar-refractivity contribution < 1.29 is 13.2 Å². The zero-order chi connectivity index (χ0) is 21.6. The summed E-state index contributed by atoms with van der Waals surface area (Å²) in [7, 11) is -3.51. The molecule has 1 amide bonds. The van der Waals surface area contributed by atoms with Gasteiger partial charge in [0.15, 0.2) is 0 Å². The fourth-order valence-electron chi connectivity index (χ4n) is 5.42. The van der Waals surface area contributed by atoms with E-state index in [4.69, 9.17) is 0 Å². The molecule has 1 fully saturated rings. The summed E-state index contributed by atoms with van der Waals surface area (Å²) in [5.41, 5.74) is 4.70. The Balaban J connectivity index is 1.30. The molecule has 1 atom stereocenters. The molecule has 3 aliphatic rings. The van der Waals surface area contributed by atoms with Gasteiger partial charge in [-0.05, 0) is 86.8 Å². The summed E-state index contributed by atoms with van der Waals surface area (Å²) < 4.78 is 28.0. The topological polar surface area (TPSA) is 57.7 Å². The maximum Gasteiger partial charge on any atom is 0.243 e. The SMILES string of the molecule is CC1CCc2ccccc2N1C(=O)C1CCN(S(=O)(=O)c2ccc3c(c2)CCC3)CC1. The van der Waals surface area contributed by atoms with Crippen LogP contribution in [0.25, 0.3) is 0 Å². The van der Waals surface area contributed by atoms with Gasteiger partial charge in [-0.1, -0.05) is 24.3 Å². The van der Waals surface area contributed by atoms with Gasteiger partial charge in [-0.2, -0.15) is 4.31 Å². The highest BCUT2D eigenvalue weighted by Gasteiger charge is 2.37. The number of sulfonamides is 1. The molecule has 1 unspecified atom stereocenters. The first-order valence-electron chi connectivity index (χ1n) is 11.5. The summed E-state index contributed by atoms with van der Waals surface area (Å²) in [6.45, 7) is 2.92. The van der Waals surface area contributed by atoms with Gasteiger partial charge < -0.3 is 4.90 Å². The summed E-state index contributed by atoms with van der Waals surface area (Å²) in [4.78, 5) is 15.8. The van der Waals surface area contributed by atoms with E-state index in [2.05, 4.69) is 13.0 Å². The second-order valence-corrected chi connectivity index (χ2v) is 11.1. The molecule has 2 heterocycles. The van der Waals surface area contributed by atoms with E-state index in [1.807, 2.05) is 35.2 Å². The molecule has 5 rings (SSSR count). The lowest BCUT2D eigenvalue weighted by molar-refractivity contribution is -0.124. The van der Waals surface area contributed by atoms with Gasteiger partial charge in [-0.15, -0.1) is 0 Å². The number of hydrogen-bond acceptors (Lipinski definition) is 3. The van der Waals surface area contributed by atoms with Crippen molar-refractivity contribution in [2.75, 3.05) is 18.0 Å². The molecule has 1 aliphatic carbocycles. The summed E-state index contributed by atoms with van der Waals surface area (Å²) in [6, 6.07) is 13.9. The van der Waals surface area contributed by atoms with Crippen LogP contribution in [0.3, 0.4) is 0 Å². The number of rotatable bonds is 3. The molecule has 0 N–H and O–H groups in total. The number of amides is 1. The van der Waals surface area contributed by atoms with Crippen LogP contribution >= 0.6 is 0 Å². The molecule has 6 heteroatoms. The summed E-state index contributed by atoms with van der Waals surface area (Å²) >= 11 is 0. The van der Waals surface area contributed by atoms with E-state index in [0.29, 0.717) is 30.8 Å². The summed E-state index contributed by atoms with van der Waals surface area (Å²) in [5.74, 6) is 0.0225. The summed E-state index contributed by atoms with van der Waals surface area (Å²) in [6.07, 6.45) is 6.23. The molecule has 0 radical (unpaired) electrons. The van der Waals surface area contributed by atoms with Crippen molar-refractivity contribution in [2.45, 2.75) is 62.8 Å². The molecule has 0 saturated carbocycles. The predicted molar refractivity (Wildman–Crippen MR) is 122 cm³/mol. The minimum Gasteiger partial charge on any atom is -0.309 e. The molecule has 2 aliphatic heterocycles. The highest BCUT2D eigenvalue weighted by Crippen LogP contribution is 2.34. The van der Waals surface area contributed by atoms with Crippen LogP contribution in [0.4, 0.5) is 5.69 Å². The Kier molecular flexibility index (Phi) is 5.39. The normalized spacial score (nSPS) is 22.2. The number of para-hydroxylation sites is 1. The summed E-state index contributed by atoms with van der Waals surface area (Å²) in [5, 5.41) is 0. The van der Waals surface area contributed by atoms with Crippen molar-refractivity contribution >= 4 is 21.6 Å². The zero-order valence-electron chi connectivity index (χ0n) is 18.1. The molecule has 164 valence electrons. The Labute approximate surface area is 185 Å². The average Bonchev–Trinajstić information content (AvgIpc) is 3.27. The van der Waals surface area contributed by atoms with E-state index < -0.39 is 10.0 Å². The van der Waals surface area contributed by atoms with Gasteiger partial charge >= 0.3 is 0 Å². The highest BCUT2D eigenvalue weighted by molar-refractivity contribution is 7.89. The third kappa shape index (κ3) is 3.70. The van der Waals surface area contributed by atoms with Crippen molar-refractivity contribution in [3.8, 4) is 0 Å². The first-order valence-corrected chi connectivity index (χ1v) is 12.9. The van der Waals surface area contributed by atoms with Gasteiger partial charge in [0.05, 0.1) is 4.90 Å². The number of carbonyl (C=O) groups excluding carboxylic acids is 1. The quantitative estimate of drug-likeness (QED) is 0.729. The number of carbonyl (C=O) groups is 1.